The molecule has 0 saturated carbocycles. The van der Waals surface area contributed by atoms with Crippen LogP contribution in [0.3, 0.4) is 0 Å². The van der Waals surface area contributed by atoms with Crippen molar-refractivity contribution in [3.63, 3.8) is 0 Å². The predicted octanol–water partition coefficient (Wildman–Crippen LogP) is 1.92. The van der Waals surface area contributed by atoms with E-state index in [-0.39, 0.29) is 11.9 Å². The summed E-state index contributed by atoms with van der Waals surface area (Å²) in [7, 11) is 0. The largest absolute Gasteiger partial charge is 0.344 e. The summed E-state index contributed by atoms with van der Waals surface area (Å²) in [6, 6.07) is 14.2. The molecular formula is C19H20N8OS. The Kier molecular flexibility index (Phi) is 5.80. The first kappa shape index (κ1) is 19.1. The molecule has 3 heterocycles. The lowest BCUT2D eigenvalue weighted by atomic mass is 10.1. The summed E-state index contributed by atoms with van der Waals surface area (Å²) in [5.74, 6) is 1.36. The predicted molar refractivity (Wildman–Crippen MR) is 109 cm³/mol. The molecule has 0 spiro atoms. The van der Waals surface area contributed by atoms with E-state index in [1.54, 1.807) is 11.8 Å². The second kappa shape index (κ2) is 8.82. The molecule has 0 saturated heterocycles. The van der Waals surface area contributed by atoms with Gasteiger partial charge < -0.3 is 5.32 Å². The zero-order valence-electron chi connectivity index (χ0n) is 15.8. The van der Waals surface area contributed by atoms with Gasteiger partial charge in [0.2, 0.25) is 5.91 Å². The van der Waals surface area contributed by atoms with Gasteiger partial charge in [0, 0.05) is 6.20 Å². The summed E-state index contributed by atoms with van der Waals surface area (Å²) < 4.78 is 3.36. The highest BCUT2D eigenvalue weighted by Crippen LogP contribution is 2.22. The second-order valence-electron chi connectivity index (χ2n) is 6.43. The third kappa shape index (κ3) is 4.11. The third-order valence-corrected chi connectivity index (χ3v) is 5.22. The van der Waals surface area contributed by atoms with Crippen LogP contribution < -0.4 is 5.32 Å². The van der Waals surface area contributed by atoms with Crippen LogP contribution in [0.1, 0.15) is 29.9 Å². The fraction of sp³-hybridized carbons (Fsp3) is 0.263. The Labute approximate surface area is 171 Å². The van der Waals surface area contributed by atoms with Crippen LogP contribution in [0.5, 0.6) is 0 Å². The van der Waals surface area contributed by atoms with Crippen molar-refractivity contribution in [1.29, 1.82) is 0 Å². The van der Waals surface area contributed by atoms with Gasteiger partial charge in [-0.05, 0) is 46.6 Å². The molecule has 0 aliphatic heterocycles. The number of pyridine rings is 1. The van der Waals surface area contributed by atoms with Crippen molar-refractivity contribution in [3.8, 4) is 0 Å². The van der Waals surface area contributed by atoms with E-state index in [0.29, 0.717) is 5.82 Å². The van der Waals surface area contributed by atoms with Gasteiger partial charge in [-0.25, -0.2) is 4.68 Å². The average Bonchev–Trinajstić information content (AvgIpc) is 3.42. The Hall–Kier alpha value is -3.27. The molecule has 4 aromatic rings. The molecule has 1 N–H and O–H groups in total. The molecule has 0 aliphatic carbocycles. The molecule has 2 atom stereocenters. The minimum absolute atomic E-state index is 0.206. The fourth-order valence-electron chi connectivity index (χ4n) is 3.20. The first-order chi connectivity index (χ1) is 14.3. The highest BCUT2D eigenvalue weighted by molar-refractivity contribution is 7.98. The van der Waals surface area contributed by atoms with Gasteiger partial charge >= 0.3 is 0 Å². The molecule has 0 fully saturated rings. The van der Waals surface area contributed by atoms with Crippen LogP contribution in [0, 0.1) is 0 Å². The topological polar surface area (TPSA) is 103 Å². The Balaban J connectivity index is 1.66. The van der Waals surface area contributed by atoms with Gasteiger partial charge in [0.05, 0.1) is 6.04 Å². The lowest BCUT2D eigenvalue weighted by Gasteiger charge is -2.22. The maximum Gasteiger partial charge on any atom is 0.250 e. The number of nitrogens with one attached hydrogen (secondary N) is 1. The van der Waals surface area contributed by atoms with Crippen molar-refractivity contribution in [3.05, 3.63) is 72.4 Å². The number of rotatable bonds is 8. The average molecular weight is 408 g/mol. The maximum atomic E-state index is 13.4. The quantitative estimate of drug-likeness (QED) is 0.475. The molecule has 0 bridgehead atoms. The number of tetrazole rings is 1. The molecule has 0 aliphatic rings. The molecule has 29 heavy (non-hydrogen) atoms. The van der Waals surface area contributed by atoms with E-state index >= 15 is 0 Å². The van der Waals surface area contributed by atoms with Crippen molar-refractivity contribution in [1.82, 2.24) is 40.1 Å². The molecule has 0 radical (unpaired) electrons. The van der Waals surface area contributed by atoms with E-state index in [2.05, 4.69) is 31.0 Å². The summed E-state index contributed by atoms with van der Waals surface area (Å²) >= 11 is 1.72. The van der Waals surface area contributed by atoms with Crippen LogP contribution in [-0.2, 0) is 4.79 Å². The Morgan fingerprint density at radius 2 is 1.97 bits per heavy atom. The minimum Gasteiger partial charge on any atom is -0.344 e. The molecular weight excluding hydrogens is 388 g/mol. The van der Waals surface area contributed by atoms with E-state index in [0.717, 1.165) is 23.4 Å². The fourth-order valence-corrected chi connectivity index (χ4v) is 3.67. The number of benzene rings is 1. The van der Waals surface area contributed by atoms with E-state index in [1.807, 2.05) is 65.4 Å². The smallest absolute Gasteiger partial charge is 0.250 e. The lowest BCUT2D eigenvalue weighted by molar-refractivity contribution is -0.124. The molecule has 2 unspecified atom stereocenters. The molecule has 1 aromatic carbocycles. The van der Waals surface area contributed by atoms with Crippen molar-refractivity contribution >= 4 is 23.3 Å². The van der Waals surface area contributed by atoms with Crippen molar-refractivity contribution in [2.45, 2.75) is 18.5 Å². The Morgan fingerprint density at radius 3 is 2.72 bits per heavy atom. The van der Waals surface area contributed by atoms with Crippen LogP contribution in [0.25, 0.3) is 5.65 Å². The van der Waals surface area contributed by atoms with Crippen LogP contribution >= 0.6 is 11.8 Å². The zero-order valence-corrected chi connectivity index (χ0v) is 16.6. The summed E-state index contributed by atoms with van der Waals surface area (Å²) in [4.78, 5) is 13.4. The molecule has 1 amide bonds. The van der Waals surface area contributed by atoms with Gasteiger partial charge in [0.15, 0.2) is 17.5 Å². The monoisotopic (exact) mass is 408 g/mol. The van der Waals surface area contributed by atoms with Gasteiger partial charge in [-0.15, -0.1) is 15.3 Å². The summed E-state index contributed by atoms with van der Waals surface area (Å²) in [6.45, 7) is 0. The van der Waals surface area contributed by atoms with E-state index < -0.39 is 6.04 Å². The van der Waals surface area contributed by atoms with E-state index in [9.17, 15) is 4.79 Å². The summed E-state index contributed by atoms with van der Waals surface area (Å²) in [6.07, 6.45) is 6.11. The van der Waals surface area contributed by atoms with Crippen LogP contribution in [0.4, 0.5) is 0 Å². The lowest BCUT2D eigenvalue weighted by Crippen LogP contribution is -2.37. The standard InChI is InChI=1S/C19H20N8OS/c1-29-12-10-15(18-23-22-16-9-5-6-11-26(16)18)21-19(28)17(27-13-20-24-25-27)14-7-3-2-4-8-14/h2-9,11,13,15,17H,10,12H2,1H3,(H,21,28). The van der Waals surface area contributed by atoms with Crippen LogP contribution in [0.15, 0.2) is 61.1 Å². The minimum atomic E-state index is -0.679. The molecule has 3 aromatic heterocycles. The highest BCUT2D eigenvalue weighted by Gasteiger charge is 2.28. The first-order valence-electron chi connectivity index (χ1n) is 9.14. The van der Waals surface area contributed by atoms with E-state index in [4.69, 9.17) is 0 Å². The SMILES string of the molecule is CSCCC(NC(=O)C(c1ccccc1)n1cnnn1)c1nnc2ccccn12. The number of thioether (sulfide) groups is 1. The third-order valence-electron chi connectivity index (χ3n) is 4.57. The summed E-state index contributed by atoms with van der Waals surface area (Å²) in [5, 5.41) is 23.0. The van der Waals surface area contributed by atoms with Gasteiger partial charge in [0.1, 0.15) is 6.33 Å². The van der Waals surface area contributed by atoms with Crippen LogP contribution in [-0.4, -0.2) is 52.7 Å². The van der Waals surface area contributed by atoms with Gasteiger partial charge in [-0.1, -0.05) is 36.4 Å². The number of hydrogen-bond acceptors (Lipinski definition) is 7. The second-order valence-corrected chi connectivity index (χ2v) is 7.42. The van der Waals surface area contributed by atoms with Gasteiger partial charge in [-0.2, -0.15) is 11.8 Å². The number of carbonyl (C=O) groups is 1. The van der Waals surface area contributed by atoms with E-state index in [1.165, 1.54) is 11.0 Å². The number of amides is 1. The normalized spacial score (nSPS) is 13.3. The van der Waals surface area contributed by atoms with Crippen molar-refractivity contribution in [2.24, 2.45) is 0 Å². The molecule has 4 rings (SSSR count). The molecule has 9 nitrogen and oxygen atoms in total. The van der Waals surface area contributed by atoms with Gasteiger partial charge in [-0.3, -0.25) is 9.20 Å². The Morgan fingerprint density at radius 1 is 1.14 bits per heavy atom. The Bertz CT molecular complexity index is 1070. The van der Waals surface area contributed by atoms with Crippen molar-refractivity contribution in [2.75, 3.05) is 12.0 Å². The summed E-state index contributed by atoms with van der Waals surface area (Å²) in [5.41, 5.74) is 1.54. The number of carbonyl (C=O) groups excluding carboxylic acids is 1. The number of fused-ring (bicyclic) bond motifs is 1. The number of aromatic nitrogens is 7. The number of hydrogen-bond donors (Lipinski definition) is 1. The maximum absolute atomic E-state index is 13.4. The van der Waals surface area contributed by atoms with Gasteiger partial charge in [0.25, 0.3) is 0 Å². The highest BCUT2D eigenvalue weighted by atomic mass is 32.2. The first-order valence-corrected chi connectivity index (χ1v) is 10.5. The zero-order chi connectivity index (χ0) is 20.1. The van der Waals surface area contributed by atoms with Crippen LogP contribution in [0.2, 0.25) is 0 Å². The molecule has 10 heteroatoms. The molecule has 148 valence electrons. The number of nitrogens with zero attached hydrogens (tertiary/aromatic N) is 7. The van der Waals surface area contributed by atoms with Crippen molar-refractivity contribution < 1.29 is 4.79 Å².